The number of rotatable bonds is 9. The predicted molar refractivity (Wildman–Crippen MR) is 80.6 cm³/mol. The Hall–Kier alpha value is -1.09. The monoisotopic (exact) mass is 264 g/mol. The van der Waals surface area contributed by atoms with Gasteiger partial charge in [0.15, 0.2) is 0 Å². The van der Waals surface area contributed by atoms with Gasteiger partial charge in [-0.25, -0.2) is 0 Å². The molecule has 0 radical (unpaired) electrons. The van der Waals surface area contributed by atoms with Gasteiger partial charge in [-0.15, -0.1) is 0 Å². The molecule has 0 aliphatic carbocycles. The number of hydrogen-bond donors (Lipinski definition) is 1. The van der Waals surface area contributed by atoms with Crippen LogP contribution in [-0.2, 0) is 6.54 Å². The number of methoxy groups -OCH3 is 1. The Morgan fingerprint density at radius 3 is 2.74 bits per heavy atom. The van der Waals surface area contributed by atoms with Gasteiger partial charge in [-0.05, 0) is 20.3 Å². The summed E-state index contributed by atoms with van der Waals surface area (Å²) in [6, 6.07) is 4.51. The zero-order valence-corrected chi connectivity index (χ0v) is 12.8. The van der Waals surface area contributed by atoms with Crippen molar-refractivity contribution in [2.45, 2.75) is 65.5 Å². The molecule has 1 aromatic rings. The maximum absolute atomic E-state index is 5.27. The molecule has 19 heavy (non-hydrogen) atoms. The van der Waals surface area contributed by atoms with E-state index in [1.165, 1.54) is 32.1 Å². The van der Waals surface area contributed by atoms with Crippen LogP contribution in [0.2, 0.25) is 0 Å². The Labute approximate surface area is 117 Å². The molecule has 0 aromatic carbocycles. The van der Waals surface area contributed by atoms with Crippen molar-refractivity contribution in [2.24, 2.45) is 0 Å². The molecule has 1 aromatic heterocycles. The molecule has 3 heteroatoms. The first-order valence-corrected chi connectivity index (χ1v) is 7.40. The van der Waals surface area contributed by atoms with Crippen molar-refractivity contribution in [3.63, 3.8) is 0 Å². The van der Waals surface area contributed by atoms with Crippen LogP contribution in [0, 0.1) is 6.92 Å². The Morgan fingerprint density at radius 2 is 2.05 bits per heavy atom. The zero-order chi connectivity index (χ0) is 14.1. The van der Waals surface area contributed by atoms with E-state index in [1.54, 1.807) is 7.11 Å². The van der Waals surface area contributed by atoms with Crippen LogP contribution in [-0.4, -0.2) is 18.1 Å². The van der Waals surface area contributed by atoms with Gasteiger partial charge in [-0.2, -0.15) is 0 Å². The summed E-state index contributed by atoms with van der Waals surface area (Å²) >= 11 is 0. The summed E-state index contributed by atoms with van der Waals surface area (Å²) < 4.78 is 5.27. The molecular formula is C16H28N2O. The summed E-state index contributed by atoms with van der Waals surface area (Å²) in [6.07, 6.45) is 6.55. The second kappa shape index (κ2) is 8.92. The van der Waals surface area contributed by atoms with E-state index in [0.717, 1.165) is 23.7 Å². The second-order valence-electron chi connectivity index (χ2n) is 5.27. The number of aromatic nitrogens is 1. The first-order valence-electron chi connectivity index (χ1n) is 7.40. The highest BCUT2D eigenvalue weighted by Gasteiger charge is 2.04. The molecule has 0 aliphatic heterocycles. The van der Waals surface area contributed by atoms with E-state index in [1.807, 2.05) is 19.1 Å². The predicted octanol–water partition coefficient (Wildman–Crippen LogP) is 3.85. The second-order valence-corrected chi connectivity index (χ2v) is 5.27. The van der Waals surface area contributed by atoms with Crippen LogP contribution in [0.3, 0.4) is 0 Å². The summed E-state index contributed by atoms with van der Waals surface area (Å²) in [5.74, 6) is 0.889. The van der Waals surface area contributed by atoms with Crippen LogP contribution in [0.4, 0.5) is 0 Å². The molecule has 0 saturated heterocycles. The van der Waals surface area contributed by atoms with Gasteiger partial charge in [-0.1, -0.05) is 32.6 Å². The molecule has 1 heterocycles. The molecule has 0 spiro atoms. The average Bonchev–Trinajstić information content (AvgIpc) is 2.40. The van der Waals surface area contributed by atoms with Crippen molar-refractivity contribution in [2.75, 3.05) is 7.11 Å². The van der Waals surface area contributed by atoms with E-state index in [0.29, 0.717) is 6.04 Å². The molecule has 3 nitrogen and oxygen atoms in total. The molecule has 108 valence electrons. The maximum atomic E-state index is 5.27. The molecule has 0 saturated carbocycles. The average molecular weight is 264 g/mol. The topological polar surface area (TPSA) is 34.1 Å². The van der Waals surface area contributed by atoms with Gasteiger partial charge < -0.3 is 10.1 Å². The van der Waals surface area contributed by atoms with E-state index in [2.05, 4.69) is 24.1 Å². The molecule has 1 rings (SSSR count). The quantitative estimate of drug-likeness (QED) is 0.688. The number of nitrogens with one attached hydrogen (secondary N) is 1. The van der Waals surface area contributed by atoms with Crippen molar-refractivity contribution in [3.8, 4) is 5.75 Å². The molecule has 0 fully saturated rings. The van der Waals surface area contributed by atoms with Gasteiger partial charge in [-0.3, -0.25) is 4.98 Å². The van der Waals surface area contributed by atoms with Crippen molar-refractivity contribution in [1.82, 2.24) is 10.3 Å². The fraction of sp³-hybridized carbons (Fsp3) is 0.688. The van der Waals surface area contributed by atoms with Crippen LogP contribution in [0.5, 0.6) is 5.75 Å². The van der Waals surface area contributed by atoms with Crippen molar-refractivity contribution >= 4 is 0 Å². The highest BCUT2D eigenvalue weighted by molar-refractivity contribution is 5.26. The minimum atomic E-state index is 0.546. The van der Waals surface area contributed by atoms with Gasteiger partial charge >= 0.3 is 0 Å². The number of ether oxygens (including phenoxy) is 1. The Balaban J connectivity index is 2.33. The summed E-state index contributed by atoms with van der Waals surface area (Å²) in [4.78, 5) is 4.52. The van der Waals surface area contributed by atoms with Gasteiger partial charge in [0.05, 0.1) is 12.8 Å². The molecule has 0 aliphatic rings. The number of pyridine rings is 1. The molecule has 1 unspecified atom stereocenters. The van der Waals surface area contributed by atoms with E-state index in [4.69, 9.17) is 4.74 Å². The third-order valence-electron chi connectivity index (χ3n) is 3.34. The largest absolute Gasteiger partial charge is 0.497 e. The van der Waals surface area contributed by atoms with E-state index < -0.39 is 0 Å². The van der Waals surface area contributed by atoms with Gasteiger partial charge in [0.1, 0.15) is 5.75 Å². The van der Waals surface area contributed by atoms with E-state index in [-0.39, 0.29) is 0 Å². The summed E-state index contributed by atoms with van der Waals surface area (Å²) in [5, 5.41) is 3.54. The molecular weight excluding hydrogens is 236 g/mol. The van der Waals surface area contributed by atoms with Gasteiger partial charge in [0, 0.05) is 30.4 Å². The third-order valence-corrected chi connectivity index (χ3v) is 3.34. The third kappa shape index (κ3) is 6.58. The smallest absolute Gasteiger partial charge is 0.122 e. The SMILES string of the molecule is CCCCCCC(C)NCc1cc(OC)cc(C)n1. The number of nitrogens with zero attached hydrogens (tertiary/aromatic N) is 1. The fourth-order valence-electron chi connectivity index (χ4n) is 2.17. The lowest BCUT2D eigenvalue weighted by molar-refractivity contribution is 0.412. The Kier molecular flexibility index (Phi) is 7.49. The summed E-state index contributed by atoms with van der Waals surface area (Å²) in [6.45, 7) is 7.31. The lowest BCUT2D eigenvalue weighted by Crippen LogP contribution is -2.25. The lowest BCUT2D eigenvalue weighted by atomic mass is 10.1. The van der Waals surface area contributed by atoms with Crippen LogP contribution >= 0.6 is 0 Å². The van der Waals surface area contributed by atoms with Crippen molar-refractivity contribution in [3.05, 3.63) is 23.5 Å². The Morgan fingerprint density at radius 1 is 1.26 bits per heavy atom. The van der Waals surface area contributed by atoms with Gasteiger partial charge in [0.2, 0.25) is 0 Å². The molecule has 1 N–H and O–H groups in total. The summed E-state index contributed by atoms with van der Waals surface area (Å²) in [7, 11) is 1.70. The molecule has 0 bridgehead atoms. The zero-order valence-electron chi connectivity index (χ0n) is 12.8. The standard InChI is InChI=1S/C16H28N2O/c1-5-6-7-8-9-13(2)17-12-15-11-16(19-4)10-14(3)18-15/h10-11,13,17H,5-9,12H2,1-4H3. The number of hydrogen-bond acceptors (Lipinski definition) is 3. The first-order chi connectivity index (χ1) is 9.15. The number of unbranched alkanes of at least 4 members (excludes halogenated alkanes) is 3. The van der Waals surface area contributed by atoms with Crippen molar-refractivity contribution in [1.29, 1.82) is 0 Å². The van der Waals surface area contributed by atoms with E-state index in [9.17, 15) is 0 Å². The molecule has 1 atom stereocenters. The maximum Gasteiger partial charge on any atom is 0.122 e. The first kappa shape index (κ1) is 16.0. The summed E-state index contributed by atoms with van der Waals surface area (Å²) in [5.41, 5.74) is 2.06. The van der Waals surface area contributed by atoms with Crippen LogP contribution in [0.15, 0.2) is 12.1 Å². The van der Waals surface area contributed by atoms with E-state index >= 15 is 0 Å². The van der Waals surface area contributed by atoms with Crippen LogP contribution in [0.25, 0.3) is 0 Å². The highest BCUT2D eigenvalue weighted by Crippen LogP contribution is 2.13. The van der Waals surface area contributed by atoms with Gasteiger partial charge in [0.25, 0.3) is 0 Å². The van der Waals surface area contributed by atoms with Crippen molar-refractivity contribution < 1.29 is 4.74 Å². The lowest BCUT2D eigenvalue weighted by Gasteiger charge is -2.14. The highest BCUT2D eigenvalue weighted by atomic mass is 16.5. The van der Waals surface area contributed by atoms with Crippen LogP contribution in [0.1, 0.15) is 57.3 Å². The Bertz CT molecular complexity index is 366. The number of aryl methyl sites for hydroxylation is 1. The van der Waals surface area contributed by atoms with Crippen LogP contribution < -0.4 is 10.1 Å². The minimum absolute atomic E-state index is 0.546. The minimum Gasteiger partial charge on any atom is -0.497 e. The molecule has 0 amide bonds. The fourth-order valence-corrected chi connectivity index (χ4v) is 2.17. The normalized spacial score (nSPS) is 12.4.